The average Bonchev–Trinajstić information content (AvgIpc) is 2.92. The molecule has 3 aromatic rings. The van der Waals surface area contributed by atoms with Gasteiger partial charge in [-0.15, -0.1) is 0 Å². The molecule has 6 heteroatoms. The van der Waals surface area contributed by atoms with Crippen molar-refractivity contribution < 1.29 is 13.6 Å². The van der Waals surface area contributed by atoms with E-state index in [1.165, 1.54) is 18.3 Å². The largest absolute Gasteiger partial charge is 0.451 e. The Kier molecular flexibility index (Phi) is 3.89. The summed E-state index contributed by atoms with van der Waals surface area (Å²) in [6.45, 7) is 0. The van der Waals surface area contributed by atoms with Gasteiger partial charge in [-0.2, -0.15) is 5.10 Å². The third-order valence-corrected chi connectivity index (χ3v) is 3.19. The number of carbonyl (C=O) groups is 1. The number of hydrazone groups is 1. The molecule has 1 amide bonds. The van der Waals surface area contributed by atoms with E-state index in [1.54, 1.807) is 36.4 Å². The average molecular weight is 317 g/mol. The maximum absolute atomic E-state index is 12.8. The molecule has 1 N–H and O–H groups in total. The lowest BCUT2D eigenvalue weighted by Crippen LogP contribution is -2.16. The zero-order valence-electron chi connectivity index (χ0n) is 11.2. The quantitative estimate of drug-likeness (QED) is 0.587. The third-order valence-electron chi connectivity index (χ3n) is 2.95. The van der Waals surface area contributed by atoms with Crippen molar-refractivity contribution in [2.45, 2.75) is 0 Å². The van der Waals surface area contributed by atoms with Gasteiger partial charge >= 0.3 is 5.91 Å². The standard InChI is InChI=1S/C16H10ClFN2O2/c17-12-3-6-14-11(7-12)8-15(22-14)16(21)20-19-9-10-1-4-13(18)5-2-10/h1-9H,(H,20,21)/b19-9+. The monoisotopic (exact) mass is 316 g/mol. The fourth-order valence-electron chi connectivity index (χ4n) is 1.90. The lowest BCUT2D eigenvalue weighted by Gasteiger charge is -1.95. The predicted octanol–water partition coefficient (Wildman–Crippen LogP) is 3.99. The summed E-state index contributed by atoms with van der Waals surface area (Å²) in [6.07, 6.45) is 1.41. The molecule has 0 atom stereocenters. The molecule has 4 nitrogen and oxygen atoms in total. The fraction of sp³-hybridized carbons (Fsp3) is 0. The van der Waals surface area contributed by atoms with E-state index in [9.17, 15) is 9.18 Å². The van der Waals surface area contributed by atoms with E-state index in [0.29, 0.717) is 16.2 Å². The van der Waals surface area contributed by atoms with Gasteiger partial charge in [0.15, 0.2) is 5.76 Å². The minimum atomic E-state index is -0.481. The molecule has 0 aliphatic heterocycles. The number of furan rings is 1. The molecule has 0 bridgehead atoms. The summed E-state index contributed by atoms with van der Waals surface area (Å²) < 4.78 is 18.2. The summed E-state index contributed by atoms with van der Waals surface area (Å²) >= 11 is 5.88. The molecule has 0 aliphatic carbocycles. The molecule has 1 aromatic heterocycles. The van der Waals surface area contributed by atoms with Crippen LogP contribution in [0, 0.1) is 5.82 Å². The summed E-state index contributed by atoms with van der Waals surface area (Å²) in [4.78, 5) is 11.9. The Morgan fingerprint density at radius 2 is 1.95 bits per heavy atom. The lowest BCUT2D eigenvalue weighted by atomic mass is 10.2. The Hall–Kier alpha value is -2.66. The van der Waals surface area contributed by atoms with Gasteiger partial charge in [-0.1, -0.05) is 23.7 Å². The van der Waals surface area contributed by atoms with Crippen LogP contribution in [0.2, 0.25) is 5.02 Å². The maximum Gasteiger partial charge on any atom is 0.307 e. The van der Waals surface area contributed by atoms with Crippen LogP contribution >= 0.6 is 11.6 Å². The van der Waals surface area contributed by atoms with Gasteiger partial charge in [-0.05, 0) is 42.0 Å². The van der Waals surface area contributed by atoms with Gasteiger partial charge in [0.2, 0.25) is 0 Å². The van der Waals surface area contributed by atoms with Crippen LogP contribution in [0.3, 0.4) is 0 Å². The van der Waals surface area contributed by atoms with Crippen molar-refractivity contribution in [1.82, 2.24) is 5.43 Å². The number of nitrogens with one attached hydrogen (secondary N) is 1. The Balaban J connectivity index is 1.71. The summed E-state index contributed by atoms with van der Waals surface area (Å²) in [7, 11) is 0. The van der Waals surface area contributed by atoms with Crippen molar-refractivity contribution >= 4 is 34.7 Å². The summed E-state index contributed by atoms with van der Waals surface area (Å²) in [5, 5.41) is 5.10. The van der Waals surface area contributed by atoms with Gasteiger partial charge in [-0.25, -0.2) is 9.82 Å². The molecule has 0 saturated heterocycles. The first-order chi connectivity index (χ1) is 10.6. The predicted molar refractivity (Wildman–Crippen MR) is 82.7 cm³/mol. The third kappa shape index (κ3) is 3.15. The Morgan fingerprint density at radius 1 is 1.18 bits per heavy atom. The van der Waals surface area contributed by atoms with E-state index in [-0.39, 0.29) is 11.6 Å². The van der Waals surface area contributed by atoms with Gasteiger partial charge in [0, 0.05) is 10.4 Å². The SMILES string of the molecule is O=C(N/N=C/c1ccc(F)cc1)c1cc2cc(Cl)ccc2o1. The van der Waals surface area contributed by atoms with E-state index >= 15 is 0 Å². The highest BCUT2D eigenvalue weighted by molar-refractivity contribution is 6.31. The van der Waals surface area contributed by atoms with Crippen LogP contribution in [0.4, 0.5) is 4.39 Å². The van der Waals surface area contributed by atoms with Crippen molar-refractivity contribution in [3.8, 4) is 0 Å². The molecule has 0 spiro atoms. The Morgan fingerprint density at radius 3 is 2.73 bits per heavy atom. The van der Waals surface area contributed by atoms with Crippen molar-refractivity contribution in [3.63, 3.8) is 0 Å². The summed E-state index contributed by atoms with van der Waals surface area (Å²) in [5.74, 6) is -0.679. The molecule has 110 valence electrons. The number of hydrogen-bond acceptors (Lipinski definition) is 3. The molecular formula is C16H10ClFN2O2. The topological polar surface area (TPSA) is 54.6 Å². The number of halogens is 2. The van der Waals surface area contributed by atoms with E-state index in [2.05, 4.69) is 10.5 Å². The van der Waals surface area contributed by atoms with Gasteiger partial charge < -0.3 is 4.42 Å². The second kappa shape index (κ2) is 5.99. The molecule has 0 fully saturated rings. The number of amides is 1. The van der Waals surface area contributed by atoms with Crippen LogP contribution < -0.4 is 5.43 Å². The first-order valence-corrected chi connectivity index (χ1v) is 6.78. The molecule has 22 heavy (non-hydrogen) atoms. The van der Waals surface area contributed by atoms with Crippen LogP contribution in [-0.4, -0.2) is 12.1 Å². The summed E-state index contributed by atoms with van der Waals surface area (Å²) in [5.41, 5.74) is 3.58. The normalized spacial score (nSPS) is 11.2. The Bertz CT molecular complexity index is 856. The second-order valence-corrected chi connectivity index (χ2v) is 4.98. The second-order valence-electron chi connectivity index (χ2n) is 4.54. The molecule has 1 heterocycles. The minimum Gasteiger partial charge on any atom is -0.451 e. The smallest absolute Gasteiger partial charge is 0.307 e. The molecule has 0 aliphatic rings. The zero-order chi connectivity index (χ0) is 15.5. The molecule has 0 radical (unpaired) electrons. The molecule has 0 saturated carbocycles. The number of nitrogens with zero attached hydrogens (tertiary/aromatic N) is 1. The minimum absolute atomic E-state index is 0.133. The molecule has 3 rings (SSSR count). The number of benzene rings is 2. The van der Waals surface area contributed by atoms with Crippen molar-refractivity contribution in [2.24, 2.45) is 5.10 Å². The first kappa shape index (κ1) is 14.3. The number of carbonyl (C=O) groups excluding carboxylic acids is 1. The first-order valence-electron chi connectivity index (χ1n) is 6.40. The van der Waals surface area contributed by atoms with Crippen LogP contribution in [0.15, 0.2) is 58.0 Å². The molecule has 2 aromatic carbocycles. The van der Waals surface area contributed by atoms with Gasteiger partial charge in [0.1, 0.15) is 11.4 Å². The van der Waals surface area contributed by atoms with E-state index < -0.39 is 5.91 Å². The van der Waals surface area contributed by atoms with Crippen molar-refractivity contribution in [3.05, 3.63) is 70.7 Å². The lowest BCUT2D eigenvalue weighted by molar-refractivity contribution is 0.0929. The number of fused-ring (bicyclic) bond motifs is 1. The van der Waals surface area contributed by atoms with Crippen LogP contribution in [0.25, 0.3) is 11.0 Å². The van der Waals surface area contributed by atoms with Crippen LogP contribution in [-0.2, 0) is 0 Å². The van der Waals surface area contributed by atoms with Gasteiger partial charge in [0.05, 0.1) is 6.21 Å². The maximum atomic E-state index is 12.8. The van der Waals surface area contributed by atoms with Gasteiger partial charge in [-0.3, -0.25) is 4.79 Å². The van der Waals surface area contributed by atoms with E-state index in [4.69, 9.17) is 16.0 Å². The van der Waals surface area contributed by atoms with Crippen molar-refractivity contribution in [1.29, 1.82) is 0 Å². The molecular weight excluding hydrogens is 307 g/mol. The fourth-order valence-corrected chi connectivity index (χ4v) is 2.08. The van der Waals surface area contributed by atoms with Gasteiger partial charge in [0.25, 0.3) is 0 Å². The highest BCUT2D eigenvalue weighted by atomic mass is 35.5. The highest BCUT2D eigenvalue weighted by Gasteiger charge is 2.11. The van der Waals surface area contributed by atoms with E-state index in [1.807, 2.05) is 0 Å². The Labute approximate surface area is 130 Å². The van der Waals surface area contributed by atoms with Crippen molar-refractivity contribution in [2.75, 3.05) is 0 Å². The highest BCUT2D eigenvalue weighted by Crippen LogP contribution is 2.22. The summed E-state index contributed by atoms with van der Waals surface area (Å²) in [6, 6.07) is 12.4. The zero-order valence-corrected chi connectivity index (χ0v) is 12.0. The van der Waals surface area contributed by atoms with E-state index in [0.717, 1.165) is 5.39 Å². The molecule has 0 unspecified atom stereocenters. The van der Waals surface area contributed by atoms with Crippen LogP contribution in [0.1, 0.15) is 16.1 Å². The van der Waals surface area contributed by atoms with Crippen LogP contribution in [0.5, 0.6) is 0 Å². The number of hydrogen-bond donors (Lipinski definition) is 1. The number of rotatable bonds is 3.